The SMILES string of the molecule is Cc1ccc2cccc(OCc3c(Cl)ccc(S(=O)(=O)N4CCCC4C(=O)NCCCCCO)c3Cl)c2n1. The highest BCUT2D eigenvalue weighted by atomic mass is 35.5. The van der Waals surface area contributed by atoms with Crippen LogP contribution in [0.25, 0.3) is 10.9 Å². The first kappa shape index (κ1) is 28.6. The Morgan fingerprint density at radius 3 is 2.76 bits per heavy atom. The number of hydrogen-bond donors (Lipinski definition) is 2. The van der Waals surface area contributed by atoms with Gasteiger partial charge in [-0.25, -0.2) is 13.4 Å². The maximum Gasteiger partial charge on any atom is 0.245 e. The Kier molecular flexibility index (Phi) is 9.49. The fourth-order valence-corrected chi connectivity index (χ4v) is 7.07. The molecule has 38 heavy (non-hydrogen) atoms. The lowest BCUT2D eigenvalue weighted by Crippen LogP contribution is -2.46. The number of benzene rings is 2. The summed E-state index contributed by atoms with van der Waals surface area (Å²) in [6.07, 6.45) is 3.15. The van der Waals surface area contributed by atoms with Crippen LogP contribution in [0.2, 0.25) is 10.0 Å². The van der Waals surface area contributed by atoms with Gasteiger partial charge in [-0.2, -0.15) is 4.31 Å². The zero-order valence-corrected chi connectivity index (χ0v) is 23.4. The van der Waals surface area contributed by atoms with Crippen molar-refractivity contribution in [2.45, 2.75) is 56.6 Å². The lowest BCUT2D eigenvalue weighted by atomic mass is 10.2. The fourth-order valence-electron chi connectivity index (χ4n) is 4.55. The molecule has 0 aliphatic carbocycles. The van der Waals surface area contributed by atoms with Crippen LogP contribution in [0.1, 0.15) is 43.4 Å². The number of nitrogens with zero attached hydrogens (tertiary/aromatic N) is 2. The number of carbonyl (C=O) groups excluding carboxylic acids is 1. The molecular weight excluding hydrogens is 549 g/mol. The van der Waals surface area contributed by atoms with Gasteiger partial charge in [0.05, 0.1) is 5.02 Å². The first-order valence-corrected chi connectivity index (χ1v) is 14.8. The number of pyridine rings is 1. The van der Waals surface area contributed by atoms with E-state index in [9.17, 15) is 13.2 Å². The summed E-state index contributed by atoms with van der Waals surface area (Å²) in [4.78, 5) is 17.3. The lowest BCUT2D eigenvalue weighted by Gasteiger charge is -2.24. The highest BCUT2D eigenvalue weighted by Crippen LogP contribution is 2.36. The van der Waals surface area contributed by atoms with Gasteiger partial charge in [-0.1, -0.05) is 41.4 Å². The minimum atomic E-state index is -4.08. The molecule has 1 unspecified atom stereocenters. The zero-order chi connectivity index (χ0) is 27.3. The quantitative estimate of drug-likeness (QED) is 0.314. The predicted molar refractivity (Wildman–Crippen MR) is 148 cm³/mol. The van der Waals surface area contributed by atoms with Crippen LogP contribution in [0.3, 0.4) is 0 Å². The summed E-state index contributed by atoms with van der Waals surface area (Å²) in [6.45, 7) is 2.58. The second kappa shape index (κ2) is 12.6. The minimum Gasteiger partial charge on any atom is -0.487 e. The summed E-state index contributed by atoms with van der Waals surface area (Å²) in [5.41, 5.74) is 1.86. The molecule has 0 saturated carbocycles. The molecule has 1 aliphatic rings. The van der Waals surface area contributed by atoms with Crippen LogP contribution < -0.4 is 10.1 Å². The van der Waals surface area contributed by atoms with E-state index < -0.39 is 16.1 Å². The maximum absolute atomic E-state index is 13.7. The smallest absolute Gasteiger partial charge is 0.245 e. The van der Waals surface area contributed by atoms with Gasteiger partial charge in [0, 0.05) is 41.4 Å². The molecule has 204 valence electrons. The molecule has 1 aromatic heterocycles. The average molecular weight is 581 g/mol. The highest BCUT2D eigenvalue weighted by molar-refractivity contribution is 7.89. The number of fused-ring (bicyclic) bond motifs is 1. The number of aryl methyl sites for hydroxylation is 1. The van der Waals surface area contributed by atoms with Gasteiger partial charge in [-0.15, -0.1) is 0 Å². The largest absolute Gasteiger partial charge is 0.487 e. The Morgan fingerprint density at radius 1 is 1.16 bits per heavy atom. The molecule has 11 heteroatoms. The van der Waals surface area contributed by atoms with Gasteiger partial charge in [0.25, 0.3) is 0 Å². The Morgan fingerprint density at radius 2 is 1.97 bits per heavy atom. The maximum atomic E-state index is 13.7. The molecule has 2 heterocycles. The third kappa shape index (κ3) is 6.24. The number of hydrogen-bond acceptors (Lipinski definition) is 6. The Bertz CT molecular complexity index is 1420. The third-order valence-electron chi connectivity index (χ3n) is 6.57. The molecule has 0 spiro atoms. The summed E-state index contributed by atoms with van der Waals surface area (Å²) in [5, 5.41) is 12.9. The first-order valence-electron chi connectivity index (χ1n) is 12.6. The van der Waals surface area contributed by atoms with Crippen LogP contribution in [0.5, 0.6) is 5.75 Å². The van der Waals surface area contributed by atoms with Crippen LogP contribution in [0, 0.1) is 6.92 Å². The topological polar surface area (TPSA) is 109 Å². The van der Waals surface area contributed by atoms with Gasteiger partial charge in [0.1, 0.15) is 28.8 Å². The molecular formula is C27H31Cl2N3O5S. The number of aliphatic hydroxyl groups excluding tert-OH is 1. The van der Waals surface area contributed by atoms with Gasteiger partial charge in [0.2, 0.25) is 15.9 Å². The number of para-hydroxylation sites is 1. The molecule has 0 bridgehead atoms. The van der Waals surface area contributed by atoms with Crippen LogP contribution >= 0.6 is 23.2 Å². The number of carbonyl (C=O) groups is 1. The number of sulfonamides is 1. The number of ether oxygens (including phenoxy) is 1. The van der Waals surface area contributed by atoms with Crippen molar-refractivity contribution in [1.82, 2.24) is 14.6 Å². The summed E-state index contributed by atoms with van der Waals surface area (Å²) >= 11 is 13.1. The number of amides is 1. The minimum absolute atomic E-state index is 0.0306. The van der Waals surface area contributed by atoms with Gasteiger partial charge >= 0.3 is 0 Å². The van der Waals surface area contributed by atoms with Gasteiger partial charge < -0.3 is 15.2 Å². The summed E-state index contributed by atoms with van der Waals surface area (Å²) in [7, 11) is -4.08. The summed E-state index contributed by atoms with van der Waals surface area (Å²) in [6, 6.07) is 11.5. The standard InChI is InChI=1S/C27H31Cl2N3O5S/c1-18-10-11-19-7-5-9-23(26(19)31-18)37-17-20-21(28)12-13-24(25(20)29)38(35,36)32-15-6-8-22(32)27(34)30-14-3-2-4-16-33/h5,7,9-13,22,33H,2-4,6,8,14-17H2,1H3,(H,30,34). The van der Waals surface area contributed by atoms with Crippen LogP contribution in [-0.2, 0) is 21.4 Å². The number of aromatic nitrogens is 1. The first-order chi connectivity index (χ1) is 18.2. The molecule has 1 saturated heterocycles. The van der Waals surface area contributed by atoms with Gasteiger partial charge in [0.15, 0.2) is 0 Å². The monoisotopic (exact) mass is 579 g/mol. The fraction of sp³-hybridized carbons (Fsp3) is 0.407. The van der Waals surface area contributed by atoms with Crippen molar-refractivity contribution in [1.29, 1.82) is 0 Å². The van der Waals surface area contributed by atoms with E-state index in [4.69, 9.17) is 33.0 Å². The molecule has 1 amide bonds. The summed E-state index contributed by atoms with van der Waals surface area (Å²) < 4.78 is 34.6. The van der Waals surface area contributed by atoms with E-state index in [0.29, 0.717) is 49.1 Å². The molecule has 2 N–H and O–H groups in total. The van der Waals surface area contributed by atoms with E-state index in [-0.39, 0.29) is 40.6 Å². The van der Waals surface area contributed by atoms with Crippen molar-refractivity contribution in [3.05, 3.63) is 63.8 Å². The van der Waals surface area contributed by atoms with Crippen molar-refractivity contribution in [3.63, 3.8) is 0 Å². The Labute approximate surface area is 233 Å². The average Bonchev–Trinajstić information content (AvgIpc) is 3.39. The normalized spacial score (nSPS) is 16.2. The number of unbranched alkanes of at least 4 members (excludes halogenated alkanes) is 2. The number of nitrogens with one attached hydrogen (secondary N) is 1. The predicted octanol–water partition coefficient (Wildman–Crippen LogP) is 4.86. The molecule has 8 nitrogen and oxygen atoms in total. The van der Waals surface area contributed by atoms with Gasteiger partial charge in [-0.05, 0) is 63.3 Å². The Balaban J connectivity index is 1.54. The Hall–Kier alpha value is -2.43. The molecule has 4 rings (SSSR count). The van der Waals surface area contributed by atoms with E-state index in [1.54, 1.807) is 6.07 Å². The van der Waals surface area contributed by atoms with E-state index >= 15 is 0 Å². The summed E-state index contributed by atoms with van der Waals surface area (Å²) in [5.74, 6) is 0.198. The van der Waals surface area contributed by atoms with E-state index in [1.807, 2.05) is 31.2 Å². The van der Waals surface area contributed by atoms with Crippen molar-refractivity contribution < 1.29 is 23.1 Å². The molecule has 1 fully saturated rings. The molecule has 2 aromatic carbocycles. The van der Waals surface area contributed by atoms with Crippen molar-refractivity contribution in [2.24, 2.45) is 0 Å². The second-order valence-electron chi connectivity index (χ2n) is 9.26. The third-order valence-corrected chi connectivity index (χ3v) is 9.42. The van der Waals surface area contributed by atoms with E-state index in [0.717, 1.165) is 17.5 Å². The molecule has 0 radical (unpaired) electrons. The van der Waals surface area contributed by atoms with E-state index in [1.165, 1.54) is 16.4 Å². The number of aliphatic hydroxyl groups is 1. The van der Waals surface area contributed by atoms with Crippen molar-refractivity contribution in [2.75, 3.05) is 19.7 Å². The van der Waals surface area contributed by atoms with E-state index in [2.05, 4.69) is 10.3 Å². The van der Waals surface area contributed by atoms with Gasteiger partial charge in [-0.3, -0.25) is 4.79 Å². The van der Waals surface area contributed by atoms with Crippen molar-refractivity contribution >= 4 is 50.0 Å². The molecule has 1 atom stereocenters. The second-order valence-corrected chi connectivity index (χ2v) is 11.9. The number of rotatable bonds is 11. The van der Waals surface area contributed by atoms with Crippen molar-refractivity contribution in [3.8, 4) is 5.75 Å². The molecule has 3 aromatic rings. The van der Waals surface area contributed by atoms with Crippen LogP contribution in [-0.4, -0.2) is 54.5 Å². The highest BCUT2D eigenvalue weighted by Gasteiger charge is 2.40. The lowest BCUT2D eigenvalue weighted by molar-refractivity contribution is -0.124. The molecule has 1 aliphatic heterocycles. The zero-order valence-electron chi connectivity index (χ0n) is 21.1. The van der Waals surface area contributed by atoms with Crippen LogP contribution in [0.15, 0.2) is 47.4 Å². The van der Waals surface area contributed by atoms with Crippen LogP contribution in [0.4, 0.5) is 0 Å². The number of halogens is 2.